The molecule has 0 heterocycles. The molecule has 0 aliphatic carbocycles. The number of carbonyl (C=O) groups excluding carboxylic acids is 1. The second kappa shape index (κ2) is 12.0. The van der Waals surface area contributed by atoms with Gasteiger partial charge in [-0.05, 0) is 75.3 Å². The quantitative estimate of drug-likeness (QED) is 0.194. The van der Waals surface area contributed by atoms with E-state index < -0.39 is 16.6 Å². The van der Waals surface area contributed by atoms with Gasteiger partial charge in [0, 0.05) is 6.61 Å². The fraction of sp³-hybridized carbons (Fsp3) is 0.962. The summed E-state index contributed by atoms with van der Waals surface area (Å²) >= 11 is 0. The molecule has 0 aromatic carbocycles. The van der Waals surface area contributed by atoms with Crippen LogP contribution in [-0.2, 0) is 18.4 Å². The van der Waals surface area contributed by atoms with Gasteiger partial charge in [0.1, 0.15) is 0 Å². The summed E-state index contributed by atoms with van der Waals surface area (Å²) in [5, 5.41) is 0.401. The van der Waals surface area contributed by atoms with Crippen molar-refractivity contribution >= 4 is 22.6 Å². The van der Waals surface area contributed by atoms with Gasteiger partial charge in [0.05, 0.1) is 18.6 Å². The molecule has 2 atom stereocenters. The van der Waals surface area contributed by atoms with E-state index >= 15 is 0 Å². The minimum atomic E-state index is -1.79. The second-order valence-corrected chi connectivity index (χ2v) is 23.0. The molecule has 0 radical (unpaired) electrons. The largest absolute Gasteiger partial charge is 0.469 e. The fourth-order valence-corrected chi connectivity index (χ4v) is 6.40. The van der Waals surface area contributed by atoms with Gasteiger partial charge in [0.25, 0.3) is 0 Å². The van der Waals surface area contributed by atoms with Crippen molar-refractivity contribution < 1.29 is 18.4 Å². The topological polar surface area (TPSA) is 44.8 Å². The van der Waals surface area contributed by atoms with E-state index in [0.29, 0.717) is 12.5 Å². The highest BCUT2D eigenvalue weighted by Crippen LogP contribution is 2.40. The zero-order valence-corrected chi connectivity index (χ0v) is 26.0. The van der Waals surface area contributed by atoms with Crippen molar-refractivity contribution in [3.05, 3.63) is 0 Å². The summed E-state index contributed by atoms with van der Waals surface area (Å²) in [6, 6.07) is 0. The Morgan fingerprint density at radius 2 is 1.34 bits per heavy atom. The molecule has 0 saturated carbocycles. The number of rotatable bonds is 13. The Balaban J connectivity index is 4.73. The molecule has 0 rings (SSSR count). The Kier molecular flexibility index (Phi) is 11.9. The molecule has 1 unspecified atom stereocenters. The summed E-state index contributed by atoms with van der Waals surface area (Å²) < 4.78 is 18.1. The van der Waals surface area contributed by atoms with Crippen LogP contribution in [0.5, 0.6) is 0 Å². The van der Waals surface area contributed by atoms with E-state index in [0.717, 1.165) is 32.1 Å². The minimum absolute atomic E-state index is 0.0868. The maximum absolute atomic E-state index is 12.4. The lowest BCUT2D eigenvalue weighted by atomic mass is 9.88. The monoisotopic (exact) mass is 488 g/mol. The van der Waals surface area contributed by atoms with Crippen molar-refractivity contribution in [3.8, 4) is 0 Å². The maximum Gasteiger partial charge on any atom is 0.308 e. The van der Waals surface area contributed by atoms with Crippen LogP contribution in [0.3, 0.4) is 0 Å². The molecule has 0 aliphatic heterocycles. The summed E-state index contributed by atoms with van der Waals surface area (Å²) in [7, 11) is -2.08. The fourth-order valence-electron chi connectivity index (χ4n) is 3.55. The van der Waals surface area contributed by atoms with Crippen molar-refractivity contribution in [2.45, 2.75) is 136 Å². The van der Waals surface area contributed by atoms with Gasteiger partial charge in [0.15, 0.2) is 16.6 Å². The van der Waals surface area contributed by atoms with Crippen LogP contribution in [0.15, 0.2) is 0 Å². The molecule has 0 N–H and O–H groups in total. The smallest absolute Gasteiger partial charge is 0.308 e. The molecule has 32 heavy (non-hydrogen) atoms. The molecular weight excluding hydrogens is 432 g/mol. The van der Waals surface area contributed by atoms with E-state index in [4.69, 9.17) is 13.6 Å². The van der Waals surface area contributed by atoms with Crippen molar-refractivity contribution in [2.75, 3.05) is 13.7 Å². The summed E-state index contributed by atoms with van der Waals surface area (Å²) in [4.78, 5) is 12.4. The van der Waals surface area contributed by atoms with Gasteiger partial charge in [-0.2, -0.15) is 0 Å². The van der Waals surface area contributed by atoms with Crippen molar-refractivity contribution in [1.29, 1.82) is 0 Å². The molecule has 0 saturated heterocycles. The molecule has 0 fully saturated rings. The number of hydrogen-bond donors (Lipinski definition) is 0. The number of ether oxygens (including phenoxy) is 1. The number of methoxy groups -OCH3 is 1. The van der Waals surface area contributed by atoms with Gasteiger partial charge in [-0.1, -0.05) is 61.3 Å². The summed E-state index contributed by atoms with van der Waals surface area (Å²) in [5.41, 5.74) is -0.110. The minimum Gasteiger partial charge on any atom is -0.469 e. The predicted molar refractivity (Wildman–Crippen MR) is 143 cm³/mol. The van der Waals surface area contributed by atoms with Crippen LogP contribution >= 0.6 is 0 Å². The maximum atomic E-state index is 12.4. The van der Waals surface area contributed by atoms with Crippen LogP contribution in [0.2, 0.25) is 36.3 Å². The number of esters is 1. The summed E-state index contributed by atoms with van der Waals surface area (Å²) in [6.07, 6.45) is 4.85. The van der Waals surface area contributed by atoms with Gasteiger partial charge < -0.3 is 13.6 Å². The first-order valence-electron chi connectivity index (χ1n) is 12.6. The first kappa shape index (κ1) is 31.8. The third-order valence-corrected chi connectivity index (χ3v) is 17.0. The van der Waals surface area contributed by atoms with Crippen molar-refractivity contribution in [1.82, 2.24) is 0 Å². The summed E-state index contributed by atoms with van der Waals surface area (Å²) in [5.74, 6) is 0.282. The average molecular weight is 489 g/mol. The number of carbonyl (C=O) groups is 1. The first-order valence-corrected chi connectivity index (χ1v) is 18.4. The second-order valence-electron chi connectivity index (χ2n) is 13.5. The van der Waals surface area contributed by atoms with E-state index in [9.17, 15) is 4.79 Å². The van der Waals surface area contributed by atoms with Crippen LogP contribution in [0.4, 0.5) is 0 Å². The van der Waals surface area contributed by atoms with Crippen LogP contribution in [0, 0.1) is 11.8 Å². The van der Waals surface area contributed by atoms with Crippen LogP contribution < -0.4 is 0 Å². The molecular formula is C26H56O4Si2. The Labute approximate surface area is 202 Å². The zero-order chi connectivity index (χ0) is 25.6. The Hall–Kier alpha value is -0.176. The van der Waals surface area contributed by atoms with Crippen LogP contribution in [0.25, 0.3) is 0 Å². The van der Waals surface area contributed by atoms with Gasteiger partial charge in [-0.3, -0.25) is 4.79 Å². The lowest BCUT2D eigenvalue weighted by molar-refractivity contribution is -0.146. The molecule has 0 amide bonds. The van der Waals surface area contributed by atoms with E-state index in [1.807, 2.05) is 0 Å². The SMILES string of the molecule is COC(=O)[C@H](CCO[Si](C)(C)C(C)(C)C)CC(C)CCCC(C)(C)O[Si](C)(C)C(C)(C)C. The standard InChI is InChI=1S/C26H56O4Si2/c1-21(16-15-18-26(8,9)30-32(13,14)25(5,6)7)20-22(23(27)28-10)17-19-29-31(11,12)24(2,3)4/h21-22H,15-20H2,1-14H3/t21?,22-/m1/s1. The normalized spacial score (nSPS) is 16.1. The van der Waals surface area contributed by atoms with E-state index in [1.54, 1.807) is 0 Å². The number of hydrogen-bond acceptors (Lipinski definition) is 4. The van der Waals surface area contributed by atoms with Gasteiger partial charge in [-0.25, -0.2) is 0 Å². The molecule has 0 spiro atoms. The van der Waals surface area contributed by atoms with E-state index in [-0.39, 0.29) is 27.6 Å². The third kappa shape index (κ3) is 10.8. The van der Waals surface area contributed by atoms with Gasteiger partial charge >= 0.3 is 5.97 Å². The van der Waals surface area contributed by atoms with E-state index in [1.165, 1.54) is 7.11 Å². The first-order chi connectivity index (χ1) is 14.2. The third-order valence-electron chi connectivity index (χ3n) is 7.77. The Morgan fingerprint density at radius 1 is 0.844 bits per heavy atom. The lowest BCUT2D eigenvalue weighted by Crippen LogP contribution is -2.47. The van der Waals surface area contributed by atoms with Gasteiger partial charge in [-0.15, -0.1) is 0 Å². The highest BCUT2D eigenvalue weighted by molar-refractivity contribution is 6.74. The lowest BCUT2D eigenvalue weighted by Gasteiger charge is -2.43. The molecule has 4 nitrogen and oxygen atoms in total. The Morgan fingerprint density at radius 3 is 1.78 bits per heavy atom. The average Bonchev–Trinajstić information content (AvgIpc) is 2.56. The van der Waals surface area contributed by atoms with Crippen molar-refractivity contribution in [3.63, 3.8) is 0 Å². The van der Waals surface area contributed by atoms with E-state index in [2.05, 4.69) is 88.5 Å². The molecule has 0 aromatic rings. The summed E-state index contributed by atoms with van der Waals surface area (Å²) in [6.45, 7) is 30.1. The highest BCUT2D eigenvalue weighted by atomic mass is 28.4. The Bertz CT molecular complexity index is 571. The van der Waals surface area contributed by atoms with Gasteiger partial charge in [0.2, 0.25) is 0 Å². The van der Waals surface area contributed by atoms with Crippen LogP contribution in [0.1, 0.15) is 94.4 Å². The molecule has 192 valence electrons. The molecule has 0 bridgehead atoms. The molecule has 0 aliphatic rings. The molecule has 6 heteroatoms. The zero-order valence-electron chi connectivity index (χ0n) is 24.0. The predicted octanol–water partition coefficient (Wildman–Crippen LogP) is 8.18. The van der Waals surface area contributed by atoms with Crippen molar-refractivity contribution in [2.24, 2.45) is 11.8 Å². The highest BCUT2D eigenvalue weighted by Gasteiger charge is 2.41. The molecule has 0 aromatic heterocycles. The van der Waals surface area contributed by atoms with Crippen LogP contribution in [-0.4, -0.2) is 41.9 Å².